The van der Waals surface area contributed by atoms with Crippen LogP contribution in [0.25, 0.3) is 11.1 Å². The number of nitrogens with two attached hydrogens (primary N) is 3. The van der Waals surface area contributed by atoms with Gasteiger partial charge in [0, 0.05) is 34.1 Å². The number of sulfonamides is 1. The number of anilines is 2. The molecular weight excluding hydrogens is 522 g/mol. The number of amidine groups is 1. The number of nitrogens with one attached hydrogen (secondary N) is 4. The first-order valence-corrected chi connectivity index (χ1v) is 14.1. The molecule has 2 heterocycles. The second-order valence-corrected chi connectivity index (χ2v) is 11.1. The molecule has 4 rings (SSSR count). The van der Waals surface area contributed by atoms with Gasteiger partial charge in [0.25, 0.3) is 0 Å². The van der Waals surface area contributed by atoms with Gasteiger partial charge in [0.2, 0.25) is 10.0 Å². The third kappa shape index (κ3) is 6.13. The van der Waals surface area contributed by atoms with Crippen LogP contribution in [0, 0.1) is 0 Å². The molecule has 1 saturated heterocycles. The fourth-order valence-corrected chi connectivity index (χ4v) is 6.64. The fourth-order valence-electron chi connectivity index (χ4n) is 3.77. The summed E-state index contributed by atoms with van der Waals surface area (Å²) in [6, 6.07) is 10.9. The number of thiazole rings is 1. The molecule has 1 aliphatic rings. The zero-order valence-electron chi connectivity index (χ0n) is 19.1. The minimum atomic E-state index is -4.22. The smallest absolute Gasteiger partial charge is 0.239 e. The minimum absolute atomic E-state index is 0.132. The molecule has 0 amide bonds. The Morgan fingerprint density at radius 2 is 2.17 bits per heavy atom. The standard InChI is InChI=1S/C21H27N9O3S3/c22-20(28-30-23)18-16(12-2-1-3-13(8-12)26-21-27-15(10-31)11-34-21)4-5-17(19(18)36(24,32)33)35-29-14-6-7-25-9-14/h1-5,8,11,14,25,29-31H,6-7,9-10,23H2,(H2,22,28)(H,26,27)(H2,24,32,33)/t14-/m1/s1. The number of hydrazine groups is 1. The van der Waals surface area contributed by atoms with Gasteiger partial charge in [0.05, 0.1) is 12.3 Å². The molecule has 12 nitrogen and oxygen atoms in total. The number of rotatable bonds is 10. The summed E-state index contributed by atoms with van der Waals surface area (Å²) in [6.45, 7) is 1.52. The molecule has 1 aliphatic heterocycles. The van der Waals surface area contributed by atoms with E-state index in [0.29, 0.717) is 32.5 Å². The zero-order valence-corrected chi connectivity index (χ0v) is 21.5. The van der Waals surface area contributed by atoms with Crippen molar-refractivity contribution < 1.29 is 13.5 Å². The number of hydrazone groups is 1. The van der Waals surface area contributed by atoms with E-state index in [1.54, 1.807) is 17.5 Å². The lowest BCUT2D eigenvalue weighted by Gasteiger charge is -2.19. The summed E-state index contributed by atoms with van der Waals surface area (Å²) in [7, 11) is -4.22. The quantitative estimate of drug-likeness (QED) is 0.0582. The van der Waals surface area contributed by atoms with E-state index in [1.165, 1.54) is 23.3 Å². The van der Waals surface area contributed by atoms with Crippen LogP contribution in [0.1, 0.15) is 17.7 Å². The van der Waals surface area contributed by atoms with E-state index in [4.69, 9.17) is 16.7 Å². The lowest BCUT2D eigenvalue weighted by atomic mass is 9.98. The number of benzene rings is 2. The van der Waals surface area contributed by atoms with Crippen LogP contribution in [0.3, 0.4) is 0 Å². The van der Waals surface area contributed by atoms with Crippen molar-refractivity contribution in [2.75, 3.05) is 18.4 Å². The summed E-state index contributed by atoms with van der Waals surface area (Å²) in [5.74, 6) is 5.23. The van der Waals surface area contributed by atoms with Gasteiger partial charge >= 0.3 is 0 Å². The van der Waals surface area contributed by atoms with E-state index in [9.17, 15) is 13.5 Å². The minimum Gasteiger partial charge on any atom is -0.390 e. The summed E-state index contributed by atoms with van der Waals surface area (Å²) >= 11 is 2.54. The van der Waals surface area contributed by atoms with E-state index in [-0.39, 0.29) is 28.9 Å². The Bertz CT molecular complexity index is 1360. The van der Waals surface area contributed by atoms with E-state index in [0.717, 1.165) is 19.5 Å². The van der Waals surface area contributed by atoms with Gasteiger partial charge in [0.15, 0.2) is 11.0 Å². The lowest BCUT2D eigenvalue weighted by Crippen LogP contribution is -2.28. The second kappa shape index (κ2) is 11.5. The molecule has 1 fully saturated rings. The van der Waals surface area contributed by atoms with Crippen LogP contribution >= 0.6 is 23.3 Å². The molecular formula is C21H27N9O3S3. The molecule has 15 heteroatoms. The highest BCUT2D eigenvalue weighted by atomic mass is 32.2. The van der Waals surface area contributed by atoms with Gasteiger partial charge in [0.1, 0.15) is 4.90 Å². The molecule has 0 aliphatic carbocycles. The van der Waals surface area contributed by atoms with Crippen LogP contribution < -0.4 is 37.6 Å². The first kappa shape index (κ1) is 26.3. The summed E-state index contributed by atoms with van der Waals surface area (Å²) in [6.07, 6.45) is 0.919. The van der Waals surface area contributed by atoms with Crippen molar-refractivity contribution in [3.05, 3.63) is 53.0 Å². The van der Waals surface area contributed by atoms with Crippen molar-refractivity contribution in [3.8, 4) is 11.1 Å². The Labute approximate surface area is 216 Å². The third-order valence-corrected chi connectivity index (χ3v) is 8.32. The van der Waals surface area contributed by atoms with Crippen LogP contribution in [-0.2, 0) is 16.6 Å². The average Bonchev–Trinajstić information content (AvgIpc) is 3.54. The average molecular weight is 550 g/mol. The third-order valence-electron chi connectivity index (χ3n) is 5.38. The van der Waals surface area contributed by atoms with Gasteiger partial charge in [-0.25, -0.2) is 29.9 Å². The van der Waals surface area contributed by atoms with Gasteiger partial charge in [-0.3, -0.25) is 4.72 Å². The molecule has 0 unspecified atom stereocenters. The van der Waals surface area contributed by atoms with E-state index < -0.39 is 10.0 Å². The van der Waals surface area contributed by atoms with Crippen molar-refractivity contribution in [1.29, 1.82) is 0 Å². The number of hydrogen-bond acceptors (Lipinski definition) is 12. The van der Waals surface area contributed by atoms with Crippen molar-refractivity contribution in [2.24, 2.45) is 21.8 Å². The number of nitrogens with zero attached hydrogens (tertiary/aromatic N) is 2. The molecule has 11 N–H and O–H groups in total. The maximum absolute atomic E-state index is 12.8. The first-order chi connectivity index (χ1) is 17.3. The van der Waals surface area contributed by atoms with Crippen LogP contribution in [0.2, 0.25) is 0 Å². The highest BCUT2D eigenvalue weighted by Crippen LogP contribution is 2.36. The van der Waals surface area contributed by atoms with Gasteiger partial charge < -0.3 is 21.5 Å². The van der Waals surface area contributed by atoms with Crippen molar-refractivity contribution in [1.82, 2.24) is 20.6 Å². The molecule has 0 spiro atoms. The van der Waals surface area contributed by atoms with Gasteiger partial charge in [-0.05, 0) is 54.2 Å². The van der Waals surface area contributed by atoms with Crippen molar-refractivity contribution >= 4 is 50.0 Å². The predicted octanol–water partition coefficient (Wildman–Crippen LogP) is 0.736. The molecule has 36 heavy (non-hydrogen) atoms. The van der Waals surface area contributed by atoms with E-state index in [2.05, 4.69) is 31.0 Å². The number of primary sulfonamides is 1. The molecule has 2 aromatic carbocycles. The Hall–Kier alpha value is -2.76. The normalized spacial score (nSPS) is 16.3. The molecule has 1 atom stereocenters. The Balaban J connectivity index is 1.78. The maximum atomic E-state index is 12.8. The Morgan fingerprint density at radius 1 is 1.33 bits per heavy atom. The maximum Gasteiger partial charge on any atom is 0.239 e. The topological polar surface area (TPSA) is 206 Å². The van der Waals surface area contributed by atoms with Gasteiger partial charge in [-0.2, -0.15) is 0 Å². The molecule has 0 radical (unpaired) electrons. The number of aliphatic hydroxyl groups is 1. The monoisotopic (exact) mass is 549 g/mol. The first-order valence-electron chi connectivity index (χ1n) is 10.8. The number of aromatic nitrogens is 1. The fraction of sp³-hybridized carbons (Fsp3) is 0.238. The van der Waals surface area contributed by atoms with Crippen molar-refractivity contribution in [3.63, 3.8) is 0 Å². The predicted molar refractivity (Wildman–Crippen MR) is 143 cm³/mol. The SMILES string of the molecule is NN/N=C(\N)c1c(-c2cccc(Nc3nc(CO)cs3)c2)ccc(SN[C@@H]2CCNC2)c1S(N)(=O)=O. The summed E-state index contributed by atoms with van der Waals surface area (Å²) in [5.41, 5.74) is 10.9. The Morgan fingerprint density at radius 3 is 2.83 bits per heavy atom. The number of aliphatic hydroxyl groups excluding tert-OH is 1. The Kier molecular flexibility index (Phi) is 8.43. The number of hydrogen-bond donors (Lipinski definition) is 8. The highest BCUT2D eigenvalue weighted by molar-refractivity contribution is 7.98. The van der Waals surface area contributed by atoms with Crippen LogP contribution in [-0.4, -0.2) is 43.5 Å². The lowest BCUT2D eigenvalue weighted by molar-refractivity contribution is 0.278. The second-order valence-electron chi connectivity index (χ2n) is 7.90. The van der Waals surface area contributed by atoms with Crippen LogP contribution in [0.5, 0.6) is 0 Å². The summed E-state index contributed by atoms with van der Waals surface area (Å²) in [4.78, 5) is 4.54. The van der Waals surface area contributed by atoms with E-state index in [1.807, 2.05) is 24.3 Å². The molecule has 3 aromatic rings. The highest BCUT2D eigenvalue weighted by Gasteiger charge is 2.27. The van der Waals surface area contributed by atoms with Crippen LogP contribution in [0.4, 0.5) is 10.8 Å². The van der Waals surface area contributed by atoms with Gasteiger partial charge in [-0.15, -0.1) is 16.4 Å². The zero-order chi connectivity index (χ0) is 25.7. The van der Waals surface area contributed by atoms with E-state index >= 15 is 0 Å². The largest absolute Gasteiger partial charge is 0.390 e. The van der Waals surface area contributed by atoms with Gasteiger partial charge in [-0.1, -0.05) is 18.2 Å². The molecule has 192 valence electrons. The molecule has 0 bridgehead atoms. The summed E-state index contributed by atoms with van der Waals surface area (Å²) < 4.78 is 28.9. The molecule has 1 aromatic heterocycles. The van der Waals surface area contributed by atoms with Crippen molar-refractivity contribution in [2.45, 2.75) is 28.9 Å². The molecule has 0 saturated carbocycles. The van der Waals surface area contributed by atoms with Crippen LogP contribution in [0.15, 0.2) is 56.7 Å². The summed E-state index contributed by atoms with van der Waals surface area (Å²) in [5, 5.41) is 27.6.